The van der Waals surface area contributed by atoms with Crippen LogP contribution in [0.15, 0.2) is 36.5 Å². The van der Waals surface area contributed by atoms with Crippen LogP contribution in [-0.2, 0) is 17.7 Å². The largest absolute Gasteiger partial charge is 0.362 e. The van der Waals surface area contributed by atoms with Crippen LogP contribution in [0.5, 0.6) is 0 Å². The molecular formula is C24H31N3O. The highest BCUT2D eigenvalue weighted by molar-refractivity contribution is 5.63. The highest BCUT2D eigenvalue weighted by Crippen LogP contribution is 2.36. The van der Waals surface area contributed by atoms with Crippen LogP contribution in [0.2, 0.25) is 0 Å². The molecule has 0 N–H and O–H groups in total. The molecule has 1 atom stereocenters. The number of likely N-dealkylation sites (tertiary alicyclic amines) is 1. The molecule has 1 aromatic carbocycles. The fourth-order valence-corrected chi connectivity index (χ4v) is 4.89. The van der Waals surface area contributed by atoms with Crippen LogP contribution in [0.4, 0.5) is 0 Å². The van der Waals surface area contributed by atoms with E-state index in [0.29, 0.717) is 6.10 Å². The third-order valence-corrected chi connectivity index (χ3v) is 6.62. The average Bonchev–Trinajstić information content (AvgIpc) is 3.11. The van der Waals surface area contributed by atoms with Gasteiger partial charge in [0.15, 0.2) is 0 Å². The maximum atomic E-state index is 6.78. The Balaban J connectivity index is 1.50. The molecule has 2 aromatic rings. The van der Waals surface area contributed by atoms with Crippen LogP contribution < -0.4 is 0 Å². The van der Waals surface area contributed by atoms with Gasteiger partial charge in [0, 0.05) is 25.8 Å². The van der Waals surface area contributed by atoms with E-state index in [1.54, 1.807) is 0 Å². The lowest BCUT2D eigenvalue weighted by molar-refractivity contribution is -0.0276. The lowest BCUT2D eigenvalue weighted by Crippen LogP contribution is -2.35. The molecule has 1 fully saturated rings. The van der Waals surface area contributed by atoms with Gasteiger partial charge in [-0.25, -0.2) is 4.98 Å². The SMILES string of the molecule is CN1CCC(OC2c3ccccc3CCn3cc(C4=CCCCC4)nc32)CC1. The zero-order valence-electron chi connectivity index (χ0n) is 16.9. The van der Waals surface area contributed by atoms with Crippen molar-refractivity contribution in [3.8, 4) is 0 Å². The summed E-state index contributed by atoms with van der Waals surface area (Å²) in [6.07, 6.45) is 13.1. The first kappa shape index (κ1) is 18.1. The minimum atomic E-state index is -0.0509. The van der Waals surface area contributed by atoms with Crippen LogP contribution in [0, 0.1) is 0 Å². The third kappa shape index (κ3) is 3.56. The molecular weight excluding hydrogens is 346 g/mol. The van der Waals surface area contributed by atoms with Gasteiger partial charge in [-0.05, 0) is 68.7 Å². The molecule has 0 amide bonds. The number of piperidine rings is 1. The Morgan fingerprint density at radius 2 is 1.89 bits per heavy atom. The molecule has 3 heterocycles. The van der Waals surface area contributed by atoms with Gasteiger partial charge in [0.25, 0.3) is 0 Å². The number of fused-ring (bicyclic) bond motifs is 2. The molecule has 1 saturated heterocycles. The summed E-state index contributed by atoms with van der Waals surface area (Å²) in [6, 6.07) is 8.81. The van der Waals surface area contributed by atoms with Crippen LogP contribution >= 0.6 is 0 Å². The Hall–Kier alpha value is -1.91. The second-order valence-corrected chi connectivity index (χ2v) is 8.62. The lowest BCUT2D eigenvalue weighted by atomic mass is 9.97. The molecule has 1 aliphatic carbocycles. The molecule has 1 unspecified atom stereocenters. The average molecular weight is 378 g/mol. The minimum Gasteiger partial charge on any atom is -0.362 e. The number of hydrogen-bond acceptors (Lipinski definition) is 3. The van der Waals surface area contributed by atoms with Gasteiger partial charge in [-0.15, -0.1) is 0 Å². The van der Waals surface area contributed by atoms with Crippen molar-refractivity contribution in [2.75, 3.05) is 20.1 Å². The number of rotatable bonds is 3. The second kappa shape index (κ2) is 7.84. The van der Waals surface area contributed by atoms with Gasteiger partial charge < -0.3 is 14.2 Å². The van der Waals surface area contributed by atoms with E-state index in [1.165, 1.54) is 41.7 Å². The summed E-state index contributed by atoms with van der Waals surface area (Å²) in [6.45, 7) is 3.22. The van der Waals surface area contributed by atoms with Crippen molar-refractivity contribution in [2.45, 2.75) is 63.7 Å². The van der Waals surface area contributed by atoms with Gasteiger partial charge >= 0.3 is 0 Å². The first-order valence-electron chi connectivity index (χ1n) is 11.0. The number of ether oxygens (including phenoxy) is 1. The number of hydrogen-bond donors (Lipinski definition) is 0. The molecule has 0 radical (unpaired) electrons. The Labute approximate surface area is 168 Å². The van der Waals surface area contributed by atoms with Crippen molar-refractivity contribution >= 4 is 5.57 Å². The summed E-state index contributed by atoms with van der Waals surface area (Å²) in [7, 11) is 2.20. The van der Waals surface area contributed by atoms with Crippen LogP contribution in [0.25, 0.3) is 5.57 Å². The molecule has 148 valence electrons. The predicted molar refractivity (Wildman–Crippen MR) is 112 cm³/mol. The number of allylic oxidation sites excluding steroid dienone is 2. The Kier molecular flexibility index (Phi) is 5.08. The molecule has 0 saturated carbocycles. The smallest absolute Gasteiger partial charge is 0.143 e. The van der Waals surface area contributed by atoms with E-state index < -0.39 is 0 Å². The van der Waals surface area contributed by atoms with E-state index in [1.807, 2.05) is 0 Å². The van der Waals surface area contributed by atoms with Gasteiger partial charge in [0.1, 0.15) is 11.9 Å². The Bertz CT molecular complexity index is 860. The van der Waals surface area contributed by atoms with Crippen molar-refractivity contribution in [1.82, 2.24) is 14.5 Å². The highest BCUT2D eigenvalue weighted by atomic mass is 16.5. The van der Waals surface area contributed by atoms with Crippen LogP contribution in [0.1, 0.15) is 67.3 Å². The van der Waals surface area contributed by atoms with Gasteiger partial charge in [-0.2, -0.15) is 0 Å². The highest BCUT2D eigenvalue weighted by Gasteiger charge is 2.30. The first-order chi connectivity index (χ1) is 13.8. The molecule has 4 heteroatoms. The maximum Gasteiger partial charge on any atom is 0.143 e. The number of aryl methyl sites for hydroxylation is 2. The monoisotopic (exact) mass is 377 g/mol. The van der Waals surface area contributed by atoms with Crippen LogP contribution in [0.3, 0.4) is 0 Å². The quantitative estimate of drug-likeness (QED) is 0.783. The lowest BCUT2D eigenvalue weighted by Gasteiger charge is -2.32. The summed E-state index contributed by atoms with van der Waals surface area (Å²) < 4.78 is 9.15. The summed E-state index contributed by atoms with van der Waals surface area (Å²) in [5, 5.41) is 0. The summed E-state index contributed by atoms with van der Waals surface area (Å²) in [5.74, 6) is 1.10. The molecule has 0 spiro atoms. The van der Waals surface area contributed by atoms with Crippen molar-refractivity contribution in [3.63, 3.8) is 0 Å². The fraction of sp³-hybridized carbons (Fsp3) is 0.542. The summed E-state index contributed by atoms with van der Waals surface area (Å²) in [4.78, 5) is 7.55. The van der Waals surface area contributed by atoms with Crippen molar-refractivity contribution in [3.05, 3.63) is 59.2 Å². The maximum absolute atomic E-state index is 6.78. The molecule has 1 aromatic heterocycles. The normalized spacial score (nSPS) is 23.6. The topological polar surface area (TPSA) is 30.3 Å². The van der Waals surface area contributed by atoms with Crippen molar-refractivity contribution in [1.29, 1.82) is 0 Å². The minimum absolute atomic E-state index is 0.0509. The number of benzene rings is 1. The Morgan fingerprint density at radius 3 is 2.71 bits per heavy atom. The van der Waals surface area contributed by atoms with Crippen molar-refractivity contribution < 1.29 is 4.74 Å². The van der Waals surface area contributed by atoms with E-state index >= 15 is 0 Å². The molecule has 2 aliphatic heterocycles. The zero-order valence-corrected chi connectivity index (χ0v) is 16.9. The predicted octanol–water partition coefficient (Wildman–Crippen LogP) is 4.60. The van der Waals surface area contributed by atoms with E-state index in [4.69, 9.17) is 9.72 Å². The third-order valence-electron chi connectivity index (χ3n) is 6.62. The van der Waals surface area contributed by atoms with E-state index in [2.05, 4.69) is 53.1 Å². The van der Waals surface area contributed by atoms with Crippen LogP contribution in [-0.4, -0.2) is 40.7 Å². The van der Waals surface area contributed by atoms with Gasteiger partial charge in [-0.1, -0.05) is 30.3 Å². The molecule has 0 bridgehead atoms. The fourth-order valence-electron chi connectivity index (χ4n) is 4.89. The second-order valence-electron chi connectivity index (χ2n) is 8.62. The summed E-state index contributed by atoms with van der Waals surface area (Å²) in [5.41, 5.74) is 5.32. The number of aromatic nitrogens is 2. The van der Waals surface area contributed by atoms with E-state index in [-0.39, 0.29) is 6.10 Å². The van der Waals surface area contributed by atoms with Crippen molar-refractivity contribution in [2.24, 2.45) is 0 Å². The van der Waals surface area contributed by atoms with Gasteiger partial charge in [0.2, 0.25) is 0 Å². The Morgan fingerprint density at radius 1 is 1.04 bits per heavy atom. The number of nitrogens with zero attached hydrogens (tertiary/aromatic N) is 3. The summed E-state index contributed by atoms with van der Waals surface area (Å²) >= 11 is 0. The van der Waals surface area contributed by atoms with E-state index in [9.17, 15) is 0 Å². The molecule has 5 rings (SSSR count). The van der Waals surface area contributed by atoms with Gasteiger partial charge in [0.05, 0.1) is 11.8 Å². The molecule has 28 heavy (non-hydrogen) atoms. The number of imidazole rings is 1. The molecule has 4 nitrogen and oxygen atoms in total. The zero-order chi connectivity index (χ0) is 18.9. The van der Waals surface area contributed by atoms with Gasteiger partial charge in [-0.3, -0.25) is 0 Å². The standard InChI is InChI=1S/C24H31N3O/c1-26-14-12-20(13-15-26)28-23-21-10-6-5-7-18(21)11-16-27-17-22(25-24(23)27)19-8-3-2-4-9-19/h5-8,10,17,20,23H,2-4,9,11-16H2,1H3. The first-order valence-corrected chi connectivity index (χ1v) is 11.0. The molecule has 3 aliphatic rings. The van der Waals surface area contributed by atoms with E-state index in [0.717, 1.165) is 51.1 Å².